The van der Waals surface area contributed by atoms with Gasteiger partial charge in [0.25, 0.3) is 0 Å². The first-order valence-corrected chi connectivity index (χ1v) is 22.0. The summed E-state index contributed by atoms with van der Waals surface area (Å²) < 4.78 is 13.1. The van der Waals surface area contributed by atoms with Crippen molar-refractivity contribution in [3.8, 4) is 39.1 Å². The van der Waals surface area contributed by atoms with Crippen molar-refractivity contribution in [3.05, 3.63) is 251 Å². The molecule has 1 aliphatic heterocycles. The molecule has 0 bridgehead atoms. The van der Waals surface area contributed by atoms with Crippen molar-refractivity contribution in [2.24, 2.45) is 0 Å². The van der Waals surface area contributed by atoms with E-state index in [1.807, 2.05) is 12.1 Å². The number of fused-ring (bicyclic) bond motifs is 16. The highest BCUT2D eigenvalue weighted by Crippen LogP contribution is 2.58. The quantitative estimate of drug-likeness (QED) is 0.165. The molecule has 0 N–H and O–H groups in total. The van der Waals surface area contributed by atoms with Crippen LogP contribution in [0.4, 0.5) is 0 Å². The van der Waals surface area contributed by atoms with Crippen molar-refractivity contribution < 1.29 is 9.15 Å². The van der Waals surface area contributed by atoms with Crippen LogP contribution in [-0.4, -0.2) is 0 Å². The monoisotopic (exact) mass is 802 g/mol. The zero-order valence-corrected chi connectivity index (χ0v) is 34.3. The highest BCUT2D eigenvalue weighted by Gasteiger charge is 2.47. The van der Waals surface area contributed by atoms with Crippen LogP contribution in [0.5, 0.6) is 5.75 Å². The number of hydrogen-bond donors (Lipinski definition) is 0. The smallest absolute Gasteiger partial charge is 0.167 e. The van der Waals surface area contributed by atoms with Gasteiger partial charge in [-0.1, -0.05) is 182 Å². The molecule has 2 heteroatoms. The Morgan fingerprint density at radius 3 is 1.52 bits per heavy atom. The molecular formula is C61H38O2. The van der Waals surface area contributed by atoms with Crippen molar-refractivity contribution >= 4 is 49.4 Å². The van der Waals surface area contributed by atoms with Crippen LogP contribution in [0.25, 0.3) is 82.7 Å². The van der Waals surface area contributed by atoms with E-state index in [1.165, 1.54) is 93.5 Å². The topological polar surface area (TPSA) is 22.4 Å². The van der Waals surface area contributed by atoms with E-state index in [2.05, 4.69) is 206 Å². The average molecular weight is 803 g/mol. The predicted molar refractivity (Wildman–Crippen MR) is 258 cm³/mol. The number of benzene rings is 10. The first-order valence-electron chi connectivity index (χ1n) is 22.0. The van der Waals surface area contributed by atoms with Gasteiger partial charge in [-0.3, -0.25) is 0 Å². The molecule has 14 rings (SSSR count). The zero-order chi connectivity index (χ0) is 41.2. The van der Waals surface area contributed by atoms with Crippen molar-refractivity contribution in [2.45, 2.75) is 17.4 Å². The number of para-hydroxylation sites is 1. The van der Waals surface area contributed by atoms with Gasteiger partial charge in [-0.25, -0.2) is 0 Å². The summed E-state index contributed by atoms with van der Waals surface area (Å²) in [6.07, 6.45) is 4.35. The SMILES string of the molecule is C1=CC2c3cc(-c4ccc5c(c4)C(c4ccccc4)(c4ccccc4)c4cc(-c6ccc7c8ccccc8c8ccccc8c7c6)ccc4-5)ccc3OC2c2oc3ccccc3c21. The second-order valence-corrected chi connectivity index (χ2v) is 17.4. The average Bonchev–Trinajstić information content (AvgIpc) is 4.02. The summed E-state index contributed by atoms with van der Waals surface area (Å²) in [5.41, 5.74) is 15.1. The number of ether oxygens (including phenoxy) is 1. The summed E-state index contributed by atoms with van der Waals surface area (Å²) in [5, 5.41) is 8.85. The Morgan fingerprint density at radius 1 is 0.397 bits per heavy atom. The van der Waals surface area contributed by atoms with Crippen LogP contribution in [0.3, 0.4) is 0 Å². The second kappa shape index (κ2) is 13.0. The maximum absolute atomic E-state index is 6.69. The van der Waals surface area contributed by atoms with Gasteiger partial charge in [-0.2, -0.15) is 0 Å². The summed E-state index contributed by atoms with van der Waals surface area (Å²) in [6.45, 7) is 0. The molecule has 0 fully saturated rings. The van der Waals surface area contributed by atoms with Crippen molar-refractivity contribution in [2.75, 3.05) is 0 Å². The van der Waals surface area contributed by atoms with E-state index in [0.29, 0.717) is 0 Å². The molecule has 2 aliphatic carbocycles. The molecule has 0 radical (unpaired) electrons. The summed E-state index contributed by atoms with van der Waals surface area (Å²) in [6, 6.07) is 76.3. The van der Waals surface area contributed by atoms with E-state index in [0.717, 1.165) is 28.0 Å². The summed E-state index contributed by atoms with van der Waals surface area (Å²) >= 11 is 0. The van der Waals surface area contributed by atoms with Gasteiger partial charge in [0.1, 0.15) is 11.3 Å². The van der Waals surface area contributed by atoms with Crippen LogP contribution in [0, 0.1) is 0 Å². The van der Waals surface area contributed by atoms with Gasteiger partial charge >= 0.3 is 0 Å². The zero-order valence-electron chi connectivity index (χ0n) is 34.3. The van der Waals surface area contributed by atoms with Gasteiger partial charge in [-0.05, 0) is 124 Å². The molecule has 294 valence electrons. The lowest BCUT2D eigenvalue weighted by molar-refractivity contribution is 0.193. The van der Waals surface area contributed by atoms with E-state index >= 15 is 0 Å². The Labute approximate surface area is 365 Å². The molecule has 11 aromatic rings. The summed E-state index contributed by atoms with van der Waals surface area (Å²) in [7, 11) is 0. The summed E-state index contributed by atoms with van der Waals surface area (Å²) in [4.78, 5) is 0. The highest BCUT2D eigenvalue weighted by atomic mass is 16.5. The Balaban J connectivity index is 0.941. The van der Waals surface area contributed by atoms with Gasteiger partial charge < -0.3 is 9.15 Å². The molecule has 0 saturated heterocycles. The lowest BCUT2D eigenvalue weighted by Crippen LogP contribution is -2.28. The number of furan rings is 1. The third kappa shape index (κ3) is 4.84. The predicted octanol–water partition coefficient (Wildman–Crippen LogP) is 15.8. The third-order valence-corrected chi connectivity index (χ3v) is 14.3. The minimum Gasteiger partial charge on any atom is -0.481 e. The van der Waals surface area contributed by atoms with Crippen molar-refractivity contribution in [1.29, 1.82) is 0 Å². The van der Waals surface area contributed by atoms with E-state index < -0.39 is 5.41 Å². The molecule has 0 spiro atoms. The standard InChI is InChI=1S/C61H38O2/c1-3-13-41(14-4-1)61(42-15-5-2-6-16-42)55-35-39(37-23-27-47-45-19-8-7-17-43(45)44-18-9-10-20-46(44)53(47)33-37)24-28-48(55)49-29-25-40(36-56(49)61)38-26-32-58-54(34-38)52-31-30-51-50-21-11-12-22-57(50)62-59(51)60(52)63-58/h1-36,52,60H. The molecule has 2 heterocycles. The third-order valence-electron chi connectivity index (χ3n) is 14.3. The largest absolute Gasteiger partial charge is 0.481 e. The molecule has 63 heavy (non-hydrogen) atoms. The molecule has 10 aromatic carbocycles. The first kappa shape index (κ1) is 34.7. The van der Waals surface area contributed by atoms with Crippen LogP contribution >= 0.6 is 0 Å². The van der Waals surface area contributed by atoms with Crippen LogP contribution < -0.4 is 4.74 Å². The maximum atomic E-state index is 6.69. The second-order valence-electron chi connectivity index (χ2n) is 17.4. The fraction of sp³-hybridized carbons (Fsp3) is 0.0492. The molecule has 3 aliphatic rings. The lowest BCUT2D eigenvalue weighted by Gasteiger charge is -2.34. The lowest BCUT2D eigenvalue weighted by atomic mass is 9.67. The fourth-order valence-electron chi connectivity index (χ4n) is 11.5. The molecule has 1 aromatic heterocycles. The minimum absolute atomic E-state index is 0.0738. The molecular weight excluding hydrogens is 765 g/mol. The van der Waals surface area contributed by atoms with Gasteiger partial charge in [0.2, 0.25) is 0 Å². The Hall–Kier alpha value is -7.94. The maximum Gasteiger partial charge on any atom is 0.167 e. The van der Waals surface area contributed by atoms with E-state index in [1.54, 1.807) is 0 Å². The minimum atomic E-state index is -0.562. The van der Waals surface area contributed by atoms with E-state index in [9.17, 15) is 0 Å². The fourth-order valence-corrected chi connectivity index (χ4v) is 11.5. The highest BCUT2D eigenvalue weighted by molar-refractivity contribution is 6.25. The normalized spacial score (nSPS) is 16.4. The van der Waals surface area contributed by atoms with Crippen LogP contribution in [0.1, 0.15) is 51.2 Å². The van der Waals surface area contributed by atoms with Crippen LogP contribution in [0.2, 0.25) is 0 Å². The molecule has 2 nitrogen and oxygen atoms in total. The molecule has 2 atom stereocenters. The number of rotatable bonds is 4. The summed E-state index contributed by atoms with van der Waals surface area (Å²) in [5.74, 6) is 1.91. The van der Waals surface area contributed by atoms with Gasteiger partial charge in [0.05, 0.1) is 11.3 Å². The van der Waals surface area contributed by atoms with Crippen LogP contribution in [-0.2, 0) is 5.41 Å². The van der Waals surface area contributed by atoms with Crippen LogP contribution in [0.15, 0.2) is 217 Å². The van der Waals surface area contributed by atoms with E-state index in [-0.39, 0.29) is 12.0 Å². The molecule has 0 saturated carbocycles. The van der Waals surface area contributed by atoms with Crippen molar-refractivity contribution in [3.63, 3.8) is 0 Å². The molecule has 0 amide bonds. The first-order chi connectivity index (χ1) is 31.2. The molecule has 2 unspecified atom stereocenters. The Bertz CT molecular complexity index is 3650. The van der Waals surface area contributed by atoms with Gasteiger partial charge in [0, 0.05) is 16.5 Å². The Morgan fingerprint density at radius 2 is 0.889 bits per heavy atom. The Kier molecular flexibility index (Phi) is 7.19. The van der Waals surface area contributed by atoms with E-state index in [4.69, 9.17) is 9.15 Å². The van der Waals surface area contributed by atoms with Crippen molar-refractivity contribution in [1.82, 2.24) is 0 Å². The number of hydrogen-bond acceptors (Lipinski definition) is 2. The van der Waals surface area contributed by atoms with Gasteiger partial charge in [0.15, 0.2) is 11.9 Å². The van der Waals surface area contributed by atoms with Gasteiger partial charge in [-0.15, -0.1) is 0 Å².